The predicted molar refractivity (Wildman–Crippen MR) is 72.3 cm³/mol. The van der Waals surface area contributed by atoms with E-state index in [1.54, 1.807) is 30.2 Å². The molecule has 2 bridgehead atoms. The number of methoxy groups -OCH3 is 2. The number of esters is 1. The summed E-state index contributed by atoms with van der Waals surface area (Å²) in [6, 6.07) is 7.01. The number of nitrogens with zero attached hydrogens (tertiary/aromatic N) is 1. The summed E-state index contributed by atoms with van der Waals surface area (Å²) in [6.07, 6.45) is 2.34. The summed E-state index contributed by atoms with van der Waals surface area (Å²) in [5, 5.41) is 0. The zero-order valence-corrected chi connectivity index (χ0v) is 11.6. The van der Waals surface area contributed by atoms with Gasteiger partial charge in [-0.25, -0.2) is 4.79 Å². The fraction of sp³-hybridized carbons (Fsp3) is 0.467. The molecule has 5 nitrogen and oxygen atoms in total. The zero-order valence-electron chi connectivity index (χ0n) is 11.6. The van der Waals surface area contributed by atoms with E-state index in [-0.39, 0.29) is 11.8 Å². The summed E-state index contributed by atoms with van der Waals surface area (Å²) in [5.74, 6) is -0.405. The average molecular weight is 275 g/mol. The van der Waals surface area contributed by atoms with Gasteiger partial charge in [0.2, 0.25) is 5.91 Å². The molecular formula is C15H17NO4. The molecule has 2 atom stereocenters. The number of para-hydroxylation sites is 1. The van der Waals surface area contributed by atoms with Gasteiger partial charge in [-0.3, -0.25) is 9.69 Å². The van der Waals surface area contributed by atoms with Crippen molar-refractivity contribution in [2.24, 2.45) is 5.92 Å². The molecule has 1 aromatic carbocycles. The van der Waals surface area contributed by atoms with Gasteiger partial charge in [0, 0.05) is 19.4 Å². The topological polar surface area (TPSA) is 55.8 Å². The minimum atomic E-state index is -0.605. The number of ether oxygens (including phenoxy) is 2. The maximum Gasteiger partial charge on any atom is 0.339 e. The first kappa shape index (κ1) is 13.1. The molecule has 1 amide bonds. The van der Waals surface area contributed by atoms with Crippen LogP contribution in [0.15, 0.2) is 24.3 Å². The molecule has 3 rings (SSSR count). The molecule has 106 valence electrons. The number of piperidine rings is 1. The third-order valence-electron chi connectivity index (χ3n) is 4.36. The van der Waals surface area contributed by atoms with Gasteiger partial charge in [0.15, 0.2) is 0 Å². The second kappa shape index (κ2) is 4.59. The molecule has 0 radical (unpaired) electrons. The Hall–Kier alpha value is -1.88. The Morgan fingerprint density at radius 1 is 1.35 bits per heavy atom. The molecule has 0 unspecified atom stereocenters. The second-order valence-electron chi connectivity index (χ2n) is 5.27. The number of anilines is 1. The Kier molecular flexibility index (Phi) is 3.01. The fourth-order valence-corrected chi connectivity index (χ4v) is 3.35. The van der Waals surface area contributed by atoms with Crippen molar-refractivity contribution in [3.05, 3.63) is 29.8 Å². The molecule has 1 aliphatic heterocycles. The molecule has 5 heteroatoms. The fourth-order valence-electron chi connectivity index (χ4n) is 3.35. The number of hydrogen-bond acceptors (Lipinski definition) is 4. The van der Waals surface area contributed by atoms with Crippen LogP contribution >= 0.6 is 0 Å². The van der Waals surface area contributed by atoms with Gasteiger partial charge in [-0.1, -0.05) is 12.1 Å². The van der Waals surface area contributed by atoms with Crippen LogP contribution in [-0.2, 0) is 14.3 Å². The first-order valence-electron chi connectivity index (χ1n) is 6.69. The Balaban J connectivity index is 2.09. The Labute approximate surface area is 117 Å². The van der Waals surface area contributed by atoms with Crippen LogP contribution in [0.1, 0.15) is 29.6 Å². The van der Waals surface area contributed by atoms with E-state index in [0.29, 0.717) is 17.7 Å². The van der Waals surface area contributed by atoms with E-state index < -0.39 is 11.7 Å². The van der Waals surface area contributed by atoms with Gasteiger partial charge >= 0.3 is 5.97 Å². The summed E-state index contributed by atoms with van der Waals surface area (Å²) >= 11 is 0. The minimum absolute atomic E-state index is 0.000605. The first-order chi connectivity index (χ1) is 9.63. The van der Waals surface area contributed by atoms with Crippen LogP contribution in [0, 0.1) is 5.92 Å². The van der Waals surface area contributed by atoms with E-state index in [4.69, 9.17) is 9.47 Å². The largest absolute Gasteiger partial charge is 0.465 e. The number of carbonyl (C=O) groups excluding carboxylic acids is 2. The maximum absolute atomic E-state index is 12.5. The molecule has 1 saturated heterocycles. The van der Waals surface area contributed by atoms with Crippen LogP contribution < -0.4 is 4.90 Å². The molecule has 1 aliphatic carbocycles. The van der Waals surface area contributed by atoms with Gasteiger partial charge in [0.05, 0.1) is 18.4 Å². The van der Waals surface area contributed by atoms with Crippen LogP contribution in [0.4, 0.5) is 5.69 Å². The Morgan fingerprint density at radius 2 is 2.10 bits per heavy atom. The van der Waals surface area contributed by atoms with Gasteiger partial charge < -0.3 is 9.47 Å². The van der Waals surface area contributed by atoms with Crippen molar-refractivity contribution in [1.29, 1.82) is 0 Å². The Morgan fingerprint density at radius 3 is 2.80 bits per heavy atom. The monoisotopic (exact) mass is 275 g/mol. The van der Waals surface area contributed by atoms with Gasteiger partial charge in [0.1, 0.15) is 5.72 Å². The van der Waals surface area contributed by atoms with Crippen LogP contribution in [0.25, 0.3) is 0 Å². The SMILES string of the molecule is COC(=O)c1ccccc1N1C(=O)[C@@H]2CC[C@]1(OC)C2. The lowest BCUT2D eigenvalue weighted by Crippen LogP contribution is -2.49. The van der Waals surface area contributed by atoms with Gasteiger partial charge in [-0.15, -0.1) is 0 Å². The number of benzene rings is 1. The highest BCUT2D eigenvalue weighted by atomic mass is 16.5. The standard InChI is InChI=1S/C15H17NO4/c1-19-14(18)11-5-3-4-6-12(11)16-13(17)10-7-8-15(16,9-10)20-2/h3-6,10H,7-9H2,1-2H3/t10-,15+/m1/s1. The molecule has 2 fully saturated rings. The van der Waals surface area contributed by atoms with Gasteiger partial charge in [-0.05, 0) is 25.0 Å². The molecule has 1 aromatic rings. The normalized spacial score (nSPS) is 28.0. The van der Waals surface area contributed by atoms with Gasteiger partial charge in [0.25, 0.3) is 0 Å². The summed E-state index contributed by atoms with van der Waals surface area (Å²) < 4.78 is 10.4. The van der Waals surface area contributed by atoms with Crippen molar-refractivity contribution in [1.82, 2.24) is 0 Å². The number of carbonyl (C=O) groups is 2. The van der Waals surface area contributed by atoms with E-state index in [9.17, 15) is 9.59 Å². The molecular weight excluding hydrogens is 258 g/mol. The van der Waals surface area contributed by atoms with E-state index in [2.05, 4.69) is 0 Å². The zero-order chi connectivity index (χ0) is 14.3. The van der Waals surface area contributed by atoms with Crippen molar-refractivity contribution in [3.8, 4) is 0 Å². The highest BCUT2D eigenvalue weighted by Gasteiger charge is 2.57. The first-order valence-corrected chi connectivity index (χ1v) is 6.69. The van der Waals surface area contributed by atoms with E-state index >= 15 is 0 Å². The number of amides is 1. The van der Waals surface area contributed by atoms with Crippen molar-refractivity contribution < 1.29 is 19.1 Å². The predicted octanol–water partition coefficient (Wildman–Crippen LogP) is 1.96. The maximum atomic E-state index is 12.5. The minimum Gasteiger partial charge on any atom is -0.465 e. The lowest BCUT2D eigenvalue weighted by Gasteiger charge is -2.38. The molecule has 0 aromatic heterocycles. The highest BCUT2D eigenvalue weighted by molar-refractivity contribution is 6.05. The molecule has 1 heterocycles. The summed E-state index contributed by atoms with van der Waals surface area (Å²) in [4.78, 5) is 26.0. The third-order valence-corrected chi connectivity index (χ3v) is 4.36. The van der Waals surface area contributed by atoms with Crippen LogP contribution in [0.3, 0.4) is 0 Å². The van der Waals surface area contributed by atoms with E-state index in [0.717, 1.165) is 12.8 Å². The van der Waals surface area contributed by atoms with E-state index in [1.165, 1.54) is 7.11 Å². The van der Waals surface area contributed by atoms with Crippen molar-refractivity contribution in [2.75, 3.05) is 19.1 Å². The number of rotatable bonds is 3. The molecule has 2 aliphatic rings. The highest BCUT2D eigenvalue weighted by Crippen LogP contribution is 2.50. The smallest absolute Gasteiger partial charge is 0.339 e. The Bertz CT molecular complexity index is 571. The van der Waals surface area contributed by atoms with Crippen LogP contribution in [-0.4, -0.2) is 31.8 Å². The number of hydrogen-bond donors (Lipinski definition) is 0. The summed E-state index contributed by atoms with van der Waals surface area (Å²) in [5.41, 5.74) is 0.368. The van der Waals surface area contributed by atoms with Crippen LogP contribution in [0.2, 0.25) is 0 Å². The average Bonchev–Trinajstić information content (AvgIpc) is 3.03. The molecule has 0 spiro atoms. The van der Waals surface area contributed by atoms with E-state index in [1.807, 2.05) is 6.07 Å². The summed E-state index contributed by atoms with van der Waals surface area (Å²) in [6.45, 7) is 0. The number of fused-ring (bicyclic) bond motifs is 2. The molecule has 20 heavy (non-hydrogen) atoms. The molecule has 1 saturated carbocycles. The molecule has 0 N–H and O–H groups in total. The lowest BCUT2D eigenvalue weighted by atomic mass is 10.0. The second-order valence-corrected chi connectivity index (χ2v) is 5.27. The quantitative estimate of drug-likeness (QED) is 0.791. The summed E-state index contributed by atoms with van der Waals surface area (Å²) in [7, 11) is 2.96. The van der Waals surface area contributed by atoms with Crippen LogP contribution in [0.5, 0.6) is 0 Å². The third kappa shape index (κ3) is 1.66. The van der Waals surface area contributed by atoms with Crippen molar-refractivity contribution >= 4 is 17.6 Å². The van der Waals surface area contributed by atoms with Gasteiger partial charge in [-0.2, -0.15) is 0 Å². The van der Waals surface area contributed by atoms with Crippen molar-refractivity contribution in [3.63, 3.8) is 0 Å². The van der Waals surface area contributed by atoms with Crippen molar-refractivity contribution in [2.45, 2.75) is 25.0 Å². The lowest BCUT2D eigenvalue weighted by molar-refractivity contribution is -0.123.